The van der Waals surface area contributed by atoms with E-state index in [1.807, 2.05) is 13.2 Å². The smallest absolute Gasteiger partial charge is 0.213 e. The van der Waals surface area contributed by atoms with Crippen molar-refractivity contribution in [3.05, 3.63) is 48.2 Å². The lowest BCUT2D eigenvalue weighted by Crippen LogP contribution is -2.52. The van der Waals surface area contributed by atoms with Crippen LogP contribution >= 0.6 is 0 Å². The van der Waals surface area contributed by atoms with Crippen LogP contribution in [0.25, 0.3) is 0 Å². The van der Waals surface area contributed by atoms with Gasteiger partial charge in [0.1, 0.15) is 5.76 Å². The molecule has 0 bridgehead atoms. The minimum absolute atomic E-state index is 0.0271. The van der Waals surface area contributed by atoms with Crippen LogP contribution in [-0.4, -0.2) is 49.1 Å². The second kappa shape index (κ2) is 7.81. The van der Waals surface area contributed by atoms with Crippen molar-refractivity contribution in [3.8, 4) is 0 Å². The number of hydrogen-bond donors (Lipinski definition) is 1. The van der Waals surface area contributed by atoms with E-state index in [0.717, 1.165) is 37.9 Å². The number of guanidine groups is 1. The molecule has 6 nitrogen and oxygen atoms in total. The van der Waals surface area contributed by atoms with Crippen LogP contribution in [0, 0.1) is 0 Å². The number of rotatable bonds is 3. The van der Waals surface area contributed by atoms with Crippen molar-refractivity contribution in [3.63, 3.8) is 0 Å². The van der Waals surface area contributed by atoms with Crippen molar-refractivity contribution >= 4 is 11.6 Å². The highest BCUT2D eigenvalue weighted by molar-refractivity contribution is 5.80. The third-order valence-electron chi connectivity index (χ3n) is 4.60. The highest BCUT2D eigenvalue weighted by atomic mass is 16.4. The topological polar surface area (TPSA) is 56.9 Å². The second-order valence-corrected chi connectivity index (χ2v) is 7.58. The fourth-order valence-corrected chi connectivity index (χ4v) is 3.04. The molecule has 0 aliphatic carbocycles. The molecule has 1 fully saturated rings. The Kier molecular flexibility index (Phi) is 5.49. The van der Waals surface area contributed by atoms with Gasteiger partial charge in [0, 0.05) is 44.3 Å². The Hall–Kier alpha value is -2.50. The summed E-state index contributed by atoms with van der Waals surface area (Å²) >= 11 is 0. The summed E-state index contributed by atoms with van der Waals surface area (Å²) in [5, 5.41) is 3.38. The molecule has 1 N–H and O–H groups in total. The van der Waals surface area contributed by atoms with Crippen molar-refractivity contribution in [2.75, 3.05) is 38.1 Å². The van der Waals surface area contributed by atoms with E-state index < -0.39 is 0 Å². The van der Waals surface area contributed by atoms with Gasteiger partial charge in [0.2, 0.25) is 5.89 Å². The molecule has 1 aromatic heterocycles. The molecule has 0 atom stereocenters. The Morgan fingerprint density at radius 2 is 1.85 bits per heavy atom. The van der Waals surface area contributed by atoms with Crippen LogP contribution in [0.1, 0.15) is 32.4 Å². The molecule has 3 rings (SSSR count). The molecule has 140 valence electrons. The molecule has 1 saturated heterocycles. The Morgan fingerprint density at radius 3 is 2.42 bits per heavy atom. The van der Waals surface area contributed by atoms with E-state index in [1.165, 1.54) is 5.69 Å². The zero-order valence-electron chi connectivity index (χ0n) is 16.2. The maximum atomic E-state index is 5.85. The quantitative estimate of drug-likeness (QED) is 0.678. The van der Waals surface area contributed by atoms with E-state index in [1.54, 1.807) is 0 Å². The molecule has 0 radical (unpaired) electrons. The summed E-state index contributed by atoms with van der Waals surface area (Å²) in [7, 11) is 1.82. The number of nitrogens with zero attached hydrogens (tertiary/aromatic N) is 4. The van der Waals surface area contributed by atoms with Crippen LogP contribution in [0.5, 0.6) is 0 Å². The van der Waals surface area contributed by atoms with Crippen molar-refractivity contribution in [1.82, 2.24) is 15.2 Å². The predicted octanol–water partition coefficient (Wildman–Crippen LogP) is 2.87. The van der Waals surface area contributed by atoms with E-state index in [0.29, 0.717) is 12.4 Å². The minimum atomic E-state index is -0.0271. The van der Waals surface area contributed by atoms with E-state index in [4.69, 9.17) is 4.42 Å². The molecule has 1 aliphatic heterocycles. The van der Waals surface area contributed by atoms with E-state index in [2.05, 4.69) is 76.2 Å². The summed E-state index contributed by atoms with van der Waals surface area (Å²) < 4.78 is 5.85. The number of piperazine rings is 1. The summed E-state index contributed by atoms with van der Waals surface area (Å²) in [6.07, 6.45) is 1.82. The minimum Gasteiger partial charge on any atom is -0.443 e. The molecule has 0 amide bonds. The molecule has 0 spiro atoms. The fraction of sp³-hybridized carbons (Fsp3) is 0.500. The molecule has 0 unspecified atom stereocenters. The third-order valence-corrected chi connectivity index (χ3v) is 4.60. The van der Waals surface area contributed by atoms with Gasteiger partial charge >= 0.3 is 0 Å². The average molecular weight is 355 g/mol. The monoisotopic (exact) mass is 355 g/mol. The van der Waals surface area contributed by atoms with Crippen LogP contribution in [0.2, 0.25) is 0 Å². The summed E-state index contributed by atoms with van der Waals surface area (Å²) in [5.74, 6) is 2.49. The number of oxazole rings is 1. The number of aromatic nitrogens is 1. The van der Waals surface area contributed by atoms with Crippen molar-refractivity contribution in [2.45, 2.75) is 32.7 Å². The lowest BCUT2D eigenvalue weighted by atomic mass is 9.94. The van der Waals surface area contributed by atoms with Crippen LogP contribution in [0.3, 0.4) is 0 Å². The predicted molar refractivity (Wildman–Crippen MR) is 106 cm³/mol. The van der Waals surface area contributed by atoms with Gasteiger partial charge in [-0.3, -0.25) is 4.99 Å². The zero-order chi connectivity index (χ0) is 18.6. The maximum Gasteiger partial charge on any atom is 0.213 e. The maximum absolute atomic E-state index is 5.85. The SMILES string of the molecule is CN=C(NCc1ncc(C(C)(C)C)o1)N1CCN(c2ccccc2)CC1. The second-order valence-electron chi connectivity index (χ2n) is 7.58. The summed E-state index contributed by atoms with van der Waals surface area (Å²) in [6, 6.07) is 10.6. The van der Waals surface area contributed by atoms with Gasteiger partial charge in [-0.05, 0) is 12.1 Å². The largest absolute Gasteiger partial charge is 0.443 e. The number of benzene rings is 1. The van der Waals surface area contributed by atoms with E-state index >= 15 is 0 Å². The molecule has 0 saturated carbocycles. The van der Waals surface area contributed by atoms with E-state index in [9.17, 15) is 0 Å². The first kappa shape index (κ1) is 18.3. The summed E-state index contributed by atoms with van der Waals surface area (Å²) in [4.78, 5) is 13.5. The first-order chi connectivity index (χ1) is 12.5. The summed E-state index contributed by atoms with van der Waals surface area (Å²) in [5.41, 5.74) is 1.25. The normalized spacial score (nSPS) is 16.1. The van der Waals surface area contributed by atoms with Gasteiger partial charge in [-0.25, -0.2) is 4.98 Å². The molecular formula is C20H29N5O. The van der Waals surface area contributed by atoms with Gasteiger partial charge in [0.05, 0.1) is 12.7 Å². The third kappa shape index (κ3) is 4.36. The van der Waals surface area contributed by atoms with Gasteiger partial charge in [-0.1, -0.05) is 39.0 Å². The lowest BCUT2D eigenvalue weighted by Gasteiger charge is -2.37. The van der Waals surface area contributed by atoms with Crippen LogP contribution in [-0.2, 0) is 12.0 Å². The highest BCUT2D eigenvalue weighted by Gasteiger charge is 2.21. The average Bonchev–Trinajstić information content (AvgIpc) is 3.13. The fourth-order valence-electron chi connectivity index (χ4n) is 3.04. The van der Waals surface area contributed by atoms with Gasteiger partial charge in [-0.2, -0.15) is 0 Å². The Labute approximate surface area is 155 Å². The van der Waals surface area contributed by atoms with E-state index in [-0.39, 0.29) is 5.41 Å². The van der Waals surface area contributed by atoms with Gasteiger partial charge in [0.25, 0.3) is 0 Å². The molecule has 2 aromatic rings. The number of nitrogens with one attached hydrogen (secondary N) is 1. The zero-order valence-corrected chi connectivity index (χ0v) is 16.2. The number of anilines is 1. The number of aliphatic imine (C=N–C) groups is 1. The molecule has 26 heavy (non-hydrogen) atoms. The standard InChI is InChI=1S/C20H29N5O/c1-20(2,3)17-14-22-18(26-17)15-23-19(21-4)25-12-10-24(11-13-25)16-8-6-5-7-9-16/h5-9,14H,10-13,15H2,1-4H3,(H,21,23). The summed E-state index contributed by atoms with van der Waals surface area (Å²) in [6.45, 7) is 10.7. The Balaban J connectivity index is 1.53. The molecule has 2 heterocycles. The van der Waals surface area contributed by atoms with Crippen LogP contribution in [0.4, 0.5) is 5.69 Å². The van der Waals surface area contributed by atoms with Crippen LogP contribution < -0.4 is 10.2 Å². The molecule has 1 aliphatic rings. The molecule has 6 heteroatoms. The lowest BCUT2D eigenvalue weighted by molar-refractivity contribution is 0.359. The first-order valence-corrected chi connectivity index (χ1v) is 9.18. The van der Waals surface area contributed by atoms with Crippen molar-refractivity contribution < 1.29 is 4.42 Å². The Bertz CT molecular complexity index is 724. The first-order valence-electron chi connectivity index (χ1n) is 9.18. The Morgan fingerprint density at radius 1 is 1.15 bits per heavy atom. The molecule has 1 aromatic carbocycles. The van der Waals surface area contributed by atoms with Crippen molar-refractivity contribution in [2.24, 2.45) is 4.99 Å². The van der Waals surface area contributed by atoms with Crippen LogP contribution in [0.15, 0.2) is 45.9 Å². The van der Waals surface area contributed by atoms with Crippen molar-refractivity contribution in [1.29, 1.82) is 0 Å². The van der Waals surface area contributed by atoms with Gasteiger partial charge in [-0.15, -0.1) is 0 Å². The number of para-hydroxylation sites is 1. The molecular weight excluding hydrogens is 326 g/mol. The highest BCUT2D eigenvalue weighted by Crippen LogP contribution is 2.22. The van der Waals surface area contributed by atoms with Gasteiger partial charge in [0.15, 0.2) is 5.96 Å². The number of hydrogen-bond acceptors (Lipinski definition) is 4. The van der Waals surface area contributed by atoms with Gasteiger partial charge < -0.3 is 19.5 Å².